The number of hydrogen-bond acceptors (Lipinski definition) is 0. The normalized spacial score (nSPS) is 8.50. The van der Waals surface area contributed by atoms with Gasteiger partial charge >= 0.3 is 0 Å². The van der Waals surface area contributed by atoms with E-state index in [9.17, 15) is 0 Å². The number of rotatable bonds is 0. The molecule has 0 aromatic rings. The molecule has 0 heterocycles. The summed E-state index contributed by atoms with van der Waals surface area (Å²) in [6.07, 6.45) is 1.94. The summed E-state index contributed by atoms with van der Waals surface area (Å²) in [5, 5.41) is 0. The van der Waals surface area contributed by atoms with E-state index in [0.29, 0.717) is 5.41 Å². The molecule has 0 aliphatic rings. The minimum atomic E-state index is 0.306. The molecule has 0 aliphatic carbocycles. The van der Waals surface area contributed by atoms with Gasteiger partial charge in [-0.05, 0) is 33.1 Å². The lowest BCUT2D eigenvalue weighted by molar-refractivity contribution is 0.546. The molecule has 0 spiro atoms. The molecule has 0 nitrogen and oxygen atoms in total. The summed E-state index contributed by atoms with van der Waals surface area (Å²) in [7, 11) is 0. The molecule has 0 bridgehead atoms. The van der Waals surface area contributed by atoms with Crippen LogP contribution in [0.2, 0.25) is 0 Å². The van der Waals surface area contributed by atoms with Gasteiger partial charge in [-0.15, -0.1) is 19.7 Å². The topological polar surface area (TPSA) is 0 Å². The Morgan fingerprint density at radius 3 is 0.929 bits per heavy atom. The monoisotopic (exact) mass is 196 g/mol. The molecule has 0 saturated carbocycles. The highest BCUT2D eigenvalue weighted by Crippen LogP contribution is 2.11. The highest BCUT2D eigenvalue weighted by atomic mass is 14.0. The van der Waals surface area contributed by atoms with Gasteiger partial charge in [0.1, 0.15) is 0 Å². The molecule has 14 heavy (non-hydrogen) atoms. The third-order valence-corrected chi connectivity index (χ3v) is 0.612. The summed E-state index contributed by atoms with van der Waals surface area (Å²) in [4.78, 5) is 0. The highest BCUT2D eigenvalue weighted by molar-refractivity contribution is 4.82. The van der Waals surface area contributed by atoms with Gasteiger partial charge in [0, 0.05) is 0 Å². The predicted molar refractivity (Wildman–Crippen MR) is 70.6 cm³/mol. The second-order valence-electron chi connectivity index (χ2n) is 4.98. The van der Waals surface area contributed by atoms with Crippen molar-refractivity contribution < 1.29 is 0 Å². The molecule has 0 heteroatoms. The van der Waals surface area contributed by atoms with E-state index in [1.165, 1.54) is 11.1 Å². The lowest BCUT2D eigenvalue weighted by atomic mass is 9.98. The largest absolute Gasteiger partial charge is 0.103 e. The van der Waals surface area contributed by atoms with Crippen molar-refractivity contribution in [3.63, 3.8) is 0 Å². The molecule has 0 radical (unpaired) electrons. The third-order valence-electron chi connectivity index (χ3n) is 0.612. The van der Waals surface area contributed by atoms with Gasteiger partial charge in [0.15, 0.2) is 0 Å². The van der Waals surface area contributed by atoms with E-state index < -0.39 is 0 Å². The predicted octanol–water partition coefficient (Wildman–Crippen LogP) is 5.38. The van der Waals surface area contributed by atoms with Crippen molar-refractivity contribution in [2.45, 2.75) is 48.5 Å². The van der Waals surface area contributed by atoms with Crippen LogP contribution < -0.4 is 0 Å². The van der Waals surface area contributed by atoms with Crippen LogP contribution in [0.25, 0.3) is 0 Å². The summed E-state index contributed by atoms with van der Waals surface area (Å²) in [5.41, 5.74) is 2.64. The van der Waals surface area contributed by atoms with Gasteiger partial charge in [0.2, 0.25) is 0 Å². The molecule has 0 fully saturated rings. The lowest BCUT2D eigenvalue weighted by Crippen LogP contribution is -1.96. The quantitative estimate of drug-likeness (QED) is 0.456. The Morgan fingerprint density at radius 2 is 0.929 bits per heavy atom. The zero-order valence-corrected chi connectivity index (χ0v) is 11.2. The van der Waals surface area contributed by atoms with Gasteiger partial charge in [-0.25, -0.2) is 0 Å². The van der Waals surface area contributed by atoms with Gasteiger partial charge in [0.25, 0.3) is 0 Å². The van der Waals surface area contributed by atoms with Crippen LogP contribution >= 0.6 is 0 Å². The first-order chi connectivity index (χ1) is 6.02. The Balaban J connectivity index is -0.000000135. The summed E-state index contributed by atoms with van der Waals surface area (Å²) >= 11 is 0. The van der Waals surface area contributed by atoms with E-state index in [2.05, 4.69) is 40.5 Å². The van der Waals surface area contributed by atoms with E-state index in [4.69, 9.17) is 0 Å². The smallest absolute Gasteiger partial charge is 0.0206 e. The summed E-state index contributed by atoms with van der Waals surface area (Å²) in [6.45, 7) is 25.0. The van der Waals surface area contributed by atoms with Gasteiger partial charge in [-0.2, -0.15) is 0 Å². The highest BCUT2D eigenvalue weighted by Gasteiger charge is 1.99. The van der Waals surface area contributed by atoms with Gasteiger partial charge in [-0.1, -0.05) is 38.0 Å². The SMILES string of the molecule is C=C(C)C.C=C(C)C.C=CC(C)(C)C. The zero-order chi connectivity index (χ0) is 12.4. The maximum Gasteiger partial charge on any atom is -0.0206 e. The number of hydrogen-bond donors (Lipinski definition) is 0. The third kappa shape index (κ3) is 238. The van der Waals surface area contributed by atoms with E-state index in [1.54, 1.807) is 0 Å². The molecule has 0 N–H and O–H groups in total. The van der Waals surface area contributed by atoms with Crippen LogP contribution in [-0.2, 0) is 0 Å². The first-order valence-electron chi connectivity index (χ1n) is 4.90. The summed E-state index contributed by atoms with van der Waals surface area (Å²) in [5.74, 6) is 0. The first-order valence-corrected chi connectivity index (χ1v) is 4.90. The summed E-state index contributed by atoms with van der Waals surface area (Å²) < 4.78 is 0. The molecule has 0 aromatic carbocycles. The van der Waals surface area contributed by atoms with Crippen molar-refractivity contribution in [3.05, 3.63) is 37.0 Å². The lowest BCUT2D eigenvalue weighted by Gasteiger charge is -2.08. The van der Waals surface area contributed by atoms with Crippen molar-refractivity contribution in [3.8, 4) is 0 Å². The van der Waals surface area contributed by atoms with Crippen molar-refractivity contribution >= 4 is 0 Å². The van der Waals surface area contributed by atoms with Gasteiger partial charge in [-0.3, -0.25) is 0 Å². The molecule has 0 unspecified atom stereocenters. The Labute approximate surface area is 91.4 Å². The van der Waals surface area contributed by atoms with E-state index in [1.807, 2.05) is 33.8 Å². The van der Waals surface area contributed by atoms with E-state index in [-0.39, 0.29) is 0 Å². The first kappa shape index (κ1) is 18.9. The fourth-order valence-electron chi connectivity index (χ4n) is 0. The zero-order valence-electron chi connectivity index (χ0n) is 11.2. The van der Waals surface area contributed by atoms with Crippen molar-refractivity contribution in [1.82, 2.24) is 0 Å². The minimum absolute atomic E-state index is 0.306. The van der Waals surface area contributed by atoms with Crippen LogP contribution in [0.4, 0.5) is 0 Å². The van der Waals surface area contributed by atoms with Crippen LogP contribution in [0.15, 0.2) is 37.0 Å². The Morgan fingerprint density at radius 1 is 0.857 bits per heavy atom. The Bertz CT molecular complexity index is 145. The van der Waals surface area contributed by atoms with Crippen molar-refractivity contribution in [2.24, 2.45) is 5.41 Å². The average molecular weight is 196 g/mol. The van der Waals surface area contributed by atoms with Crippen molar-refractivity contribution in [2.75, 3.05) is 0 Å². The van der Waals surface area contributed by atoms with E-state index >= 15 is 0 Å². The molecule has 0 aromatic heterocycles. The molecule has 0 atom stereocenters. The Hall–Kier alpha value is -0.780. The van der Waals surface area contributed by atoms with Crippen LogP contribution in [0, 0.1) is 5.41 Å². The summed E-state index contributed by atoms with van der Waals surface area (Å²) in [6, 6.07) is 0. The van der Waals surface area contributed by atoms with E-state index in [0.717, 1.165) is 0 Å². The molecule has 0 aliphatic heterocycles. The molecule has 0 amide bonds. The van der Waals surface area contributed by atoms with Crippen LogP contribution in [0.3, 0.4) is 0 Å². The van der Waals surface area contributed by atoms with Crippen LogP contribution in [-0.4, -0.2) is 0 Å². The van der Waals surface area contributed by atoms with Crippen LogP contribution in [0.5, 0.6) is 0 Å². The van der Waals surface area contributed by atoms with Gasteiger partial charge in [0.05, 0.1) is 0 Å². The molecular weight excluding hydrogens is 168 g/mol. The standard InChI is InChI=1S/C6H12.2C4H8/c1-5-6(2,3)4;2*1-4(2)3/h5H,1H2,2-4H3;2*1H2,2-3H3. The fraction of sp³-hybridized carbons (Fsp3) is 0.571. The van der Waals surface area contributed by atoms with Gasteiger partial charge < -0.3 is 0 Å². The fourth-order valence-corrected chi connectivity index (χ4v) is 0. The Kier molecular flexibility index (Phi) is 13.9. The maximum absolute atomic E-state index is 3.63. The molecule has 84 valence electrons. The average Bonchev–Trinajstić information content (AvgIpc) is 1.83. The second-order valence-corrected chi connectivity index (χ2v) is 4.98. The molecule has 0 rings (SSSR count). The molecular formula is C14H28. The maximum atomic E-state index is 3.63. The van der Waals surface area contributed by atoms with Crippen molar-refractivity contribution in [1.29, 1.82) is 0 Å². The van der Waals surface area contributed by atoms with Crippen LogP contribution in [0.1, 0.15) is 48.5 Å². The minimum Gasteiger partial charge on any atom is -0.103 e. The molecule has 0 saturated heterocycles. The number of allylic oxidation sites excluding steroid dienone is 3. The second kappa shape index (κ2) is 10.3.